The van der Waals surface area contributed by atoms with Crippen LogP contribution in [0, 0.1) is 0 Å². The summed E-state index contributed by atoms with van der Waals surface area (Å²) in [5, 5.41) is 17.3. The Hall–Kier alpha value is -7.25. The van der Waals surface area contributed by atoms with Crippen molar-refractivity contribution in [3.05, 3.63) is 90.1 Å². The number of aromatic amines is 2. The summed E-state index contributed by atoms with van der Waals surface area (Å²) < 4.78 is 0. The second-order valence-corrected chi connectivity index (χ2v) is 15.1. The van der Waals surface area contributed by atoms with E-state index < -0.39 is 71.6 Å². The number of nitrogens with two attached hydrogens (primary N) is 3. The molecule has 5 rings (SSSR count). The van der Waals surface area contributed by atoms with Crippen molar-refractivity contribution in [2.75, 3.05) is 13.1 Å². The highest BCUT2D eigenvalue weighted by Gasteiger charge is 2.33. The van der Waals surface area contributed by atoms with E-state index in [1.54, 1.807) is 36.5 Å². The van der Waals surface area contributed by atoms with Crippen molar-refractivity contribution in [3.63, 3.8) is 0 Å². The zero-order valence-corrected chi connectivity index (χ0v) is 34.3. The van der Waals surface area contributed by atoms with Crippen LogP contribution in [0.25, 0.3) is 10.9 Å². The van der Waals surface area contributed by atoms with E-state index in [1.807, 2.05) is 24.3 Å². The number of rotatable bonds is 11. The molecule has 20 nitrogen and oxygen atoms in total. The van der Waals surface area contributed by atoms with Gasteiger partial charge in [-0.3, -0.25) is 38.6 Å². The van der Waals surface area contributed by atoms with Crippen LogP contribution in [0.1, 0.15) is 61.8 Å². The van der Waals surface area contributed by atoms with Crippen LogP contribution in [0.2, 0.25) is 0 Å². The number of para-hydroxylation sites is 1. The summed E-state index contributed by atoms with van der Waals surface area (Å²) in [6, 6.07) is 10.2. The molecule has 0 bridgehead atoms. The molecule has 1 saturated heterocycles. The summed E-state index contributed by atoms with van der Waals surface area (Å²) in [5.41, 5.74) is 19.5. The Morgan fingerprint density at radius 3 is 2.05 bits per heavy atom. The van der Waals surface area contributed by atoms with Gasteiger partial charge < -0.3 is 59.1 Å². The Morgan fingerprint density at radius 1 is 0.694 bits per heavy atom. The van der Waals surface area contributed by atoms with Crippen molar-refractivity contribution in [2.24, 2.45) is 22.2 Å². The first-order chi connectivity index (χ1) is 29.9. The van der Waals surface area contributed by atoms with Crippen LogP contribution in [-0.2, 0) is 52.8 Å². The number of nitrogens with one attached hydrogen (secondary N) is 8. The molecule has 62 heavy (non-hydrogen) atoms. The van der Waals surface area contributed by atoms with E-state index in [0.717, 1.165) is 10.9 Å². The molecule has 0 spiro atoms. The van der Waals surface area contributed by atoms with Crippen LogP contribution in [0.15, 0.2) is 78.3 Å². The van der Waals surface area contributed by atoms with Crippen LogP contribution in [0.4, 0.5) is 0 Å². The lowest BCUT2D eigenvalue weighted by molar-refractivity contribution is -0.135. The normalized spacial score (nSPS) is 21.6. The smallest absolute Gasteiger partial charge is 0.243 e. The number of H-pyrrole nitrogens is 2. The predicted octanol–water partition coefficient (Wildman–Crippen LogP) is -1.04. The molecule has 7 amide bonds. The maximum Gasteiger partial charge on any atom is 0.243 e. The number of imidazole rings is 1. The maximum atomic E-state index is 14.4. The quantitative estimate of drug-likeness (QED) is 0.0495. The SMILES string of the molecule is NC(=O)[C@H]1CCCCNC(=O)CCC(=O)N[C@@H](Cc2cnc[nH]2)C(=O)N[C@H](Cc2ccccc2)C(=O)N[C@@H](CCCN=C(N)N)C(=O)N[C@H](Cc2c[nH]c3ccccc23)C(=O)N1. The molecule has 3 heterocycles. The topological polar surface area (TPSA) is 327 Å². The van der Waals surface area contributed by atoms with Gasteiger partial charge in [-0.15, -0.1) is 0 Å². The van der Waals surface area contributed by atoms with E-state index in [2.05, 4.69) is 51.8 Å². The van der Waals surface area contributed by atoms with Gasteiger partial charge in [0.1, 0.15) is 30.2 Å². The number of carbonyl (C=O) groups is 7. The van der Waals surface area contributed by atoms with Crippen LogP contribution in [0.3, 0.4) is 0 Å². The van der Waals surface area contributed by atoms with Gasteiger partial charge in [0.2, 0.25) is 41.4 Å². The third-order valence-corrected chi connectivity index (χ3v) is 10.3. The predicted molar refractivity (Wildman–Crippen MR) is 229 cm³/mol. The zero-order valence-electron chi connectivity index (χ0n) is 34.3. The fourth-order valence-corrected chi connectivity index (χ4v) is 7.04. The molecule has 4 aromatic rings. The average molecular weight is 854 g/mol. The zero-order chi connectivity index (χ0) is 44.4. The highest BCUT2D eigenvalue weighted by Crippen LogP contribution is 2.20. The molecule has 14 N–H and O–H groups in total. The Morgan fingerprint density at radius 2 is 1.34 bits per heavy atom. The van der Waals surface area contributed by atoms with Gasteiger partial charge in [0.05, 0.1) is 6.33 Å². The second-order valence-electron chi connectivity index (χ2n) is 15.1. The van der Waals surface area contributed by atoms with E-state index in [0.29, 0.717) is 29.7 Å². The Kier molecular flexibility index (Phi) is 17.0. The Bertz CT molecular complexity index is 2190. The highest BCUT2D eigenvalue weighted by atomic mass is 16.2. The second kappa shape index (κ2) is 22.9. The number of primary amides is 1. The molecule has 330 valence electrons. The van der Waals surface area contributed by atoms with Crippen molar-refractivity contribution in [2.45, 2.75) is 94.4 Å². The molecule has 1 aliphatic rings. The van der Waals surface area contributed by atoms with Crippen LogP contribution in [-0.4, -0.2) is 106 Å². The molecule has 5 atom stereocenters. The molecule has 0 radical (unpaired) electrons. The summed E-state index contributed by atoms with van der Waals surface area (Å²) in [6.07, 6.45) is 5.36. The first kappa shape index (κ1) is 45.8. The van der Waals surface area contributed by atoms with Crippen molar-refractivity contribution in [1.82, 2.24) is 46.9 Å². The number of hydrogen-bond donors (Lipinski definition) is 11. The van der Waals surface area contributed by atoms with E-state index in [-0.39, 0.29) is 70.4 Å². The standard InChI is InChI=1S/C42H55N13O7/c43-37(58)30-13-6-7-17-47-35(56)15-16-36(57)51-34(21-27-23-46-24-50-27)41(62)54-32(19-25-9-2-1-3-10-25)39(60)53-31(14-8-18-48-42(44)45)38(59)55-33(40(61)52-30)20-26-22-49-29-12-5-4-11-28(26)29/h1-5,9-12,22-24,30-34,49H,6-8,13-21H2,(H2,43,58)(H,46,50)(H,47,56)(H,51,57)(H,52,61)(H,53,60)(H,54,62)(H,55,59)(H4,44,45,48)/t30-,31+,32-,33-,34+/m1/s1. The minimum Gasteiger partial charge on any atom is -0.370 e. The van der Waals surface area contributed by atoms with E-state index in [1.165, 1.54) is 12.5 Å². The van der Waals surface area contributed by atoms with Crippen LogP contribution >= 0.6 is 0 Å². The van der Waals surface area contributed by atoms with Gasteiger partial charge in [0, 0.05) is 74.2 Å². The first-order valence-corrected chi connectivity index (χ1v) is 20.5. The fourth-order valence-electron chi connectivity index (χ4n) is 7.04. The first-order valence-electron chi connectivity index (χ1n) is 20.5. The number of carbonyl (C=O) groups excluding carboxylic acids is 7. The molecule has 0 saturated carbocycles. The van der Waals surface area contributed by atoms with Gasteiger partial charge in [-0.25, -0.2) is 4.98 Å². The van der Waals surface area contributed by atoms with Crippen LogP contribution in [0.5, 0.6) is 0 Å². The fraction of sp³-hybridized carbons (Fsp3) is 0.405. The molecule has 2 aromatic carbocycles. The van der Waals surface area contributed by atoms with Gasteiger partial charge in [-0.2, -0.15) is 0 Å². The van der Waals surface area contributed by atoms with Gasteiger partial charge >= 0.3 is 0 Å². The molecule has 0 aliphatic carbocycles. The van der Waals surface area contributed by atoms with E-state index in [9.17, 15) is 33.6 Å². The minimum absolute atomic E-state index is 0.00819. The molecule has 0 unspecified atom stereocenters. The van der Waals surface area contributed by atoms with Crippen molar-refractivity contribution >= 4 is 58.2 Å². The number of amides is 7. The maximum absolute atomic E-state index is 14.4. The van der Waals surface area contributed by atoms with Gasteiger partial charge in [-0.1, -0.05) is 48.5 Å². The van der Waals surface area contributed by atoms with E-state index >= 15 is 0 Å². The lowest BCUT2D eigenvalue weighted by Gasteiger charge is -2.27. The van der Waals surface area contributed by atoms with Crippen LogP contribution < -0.4 is 49.1 Å². The van der Waals surface area contributed by atoms with Gasteiger partial charge in [-0.05, 0) is 49.3 Å². The average Bonchev–Trinajstić information content (AvgIpc) is 3.92. The molecule has 1 aliphatic heterocycles. The number of fused-ring (bicyclic) bond motifs is 1. The third-order valence-electron chi connectivity index (χ3n) is 10.3. The monoisotopic (exact) mass is 853 g/mol. The molecular weight excluding hydrogens is 799 g/mol. The van der Waals surface area contributed by atoms with Crippen molar-refractivity contribution < 1.29 is 33.6 Å². The number of hydrogen-bond acceptors (Lipinski definition) is 9. The lowest BCUT2D eigenvalue weighted by Crippen LogP contribution is -2.59. The molecule has 20 heteroatoms. The summed E-state index contributed by atoms with van der Waals surface area (Å²) in [4.78, 5) is 109. The Balaban J connectivity index is 1.49. The van der Waals surface area contributed by atoms with Crippen molar-refractivity contribution in [3.8, 4) is 0 Å². The number of benzene rings is 2. The number of guanidine groups is 1. The number of nitrogens with zero attached hydrogens (tertiary/aromatic N) is 2. The molecule has 1 fully saturated rings. The highest BCUT2D eigenvalue weighted by molar-refractivity contribution is 5.97. The van der Waals surface area contributed by atoms with Gasteiger partial charge in [0.25, 0.3) is 0 Å². The minimum atomic E-state index is -1.27. The lowest BCUT2D eigenvalue weighted by atomic mass is 10.0. The summed E-state index contributed by atoms with van der Waals surface area (Å²) in [5.74, 6) is -4.82. The number of aromatic nitrogens is 3. The number of aliphatic imine (C=N–C) groups is 1. The third kappa shape index (κ3) is 14.2. The summed E-state index contributed by atoms with van der Waals surface area (Å²) in [7, 11) is 0. The molecule has 2 aromatic heterocycles. The largest absolute Gasteiger partial charge is 0.370 e. The summed E-state index contributed by atoms with van der Waals surface area (Å²) in [6.45, 7) is 0.334. The summed E-state index contributed by atoms with van der Waals surface area (Å²) >= 11 is 0. The van der Waals surface area contributed by atoms with Crippen molar-refractivity contribution in [1.29, 1.82) is 0 Å². The van der Waals surface area contributed by atoms with Gasteiger partial charge in [0.15, 0.2) is 5.96 Å². The molecular formula is C42H55N13O7. The Labute approximate surface area is 357 Å². The van der Waals surface area contributed by atoms with E-state index in [4.69, 9.17) is 17.2 Å².